The number of rotatable bonds is 5. The molecule has 0 unspecified atom stereocenters. The van der Waals surface area contributed by atoms with E-state index in [1.165, 1.54) is 31.9 Å². The minimum atomic E-state index is -0.991. The van der Waals surface area contributed by atoms with Crippen LogP contribution in [-0.4, -0.2) is 45.1 Å². The Morgan fingerprint density at radius 3 is 2.86 bits per heavy atom. The summed E-state index contributed by atoms with van der Waals surface area (Å²) < 4.78 is 10.3. The fourth-order valence-corrected chi connectivity index (χ4v) is 4.42. The van der Waals surface area contributed by atoms with Gasteiger partial charge in [-0.05, 0) is 54.7 Å². The molecule has 148 valence electrons. The molecule has 0 saturated carbocycles. The molecule has 10 heteroatoms. The van der Waals surface area contributed by atoms with Crippen LogP contribution in [-0.2, 0) is 14.3 Å². The van der Waals surface area contributed by atoms with Crippen LogP contribution in [0.25, 0.3) is 17.1 Å². The predicted molar refractivity (Wildman–Crippen MR) is 108 cm³/mol. The molecule has 0 aliphatic carbocycles. The van der Waals surface area contributed by atoms with Crippen LogP contribution in [0.2, 0.25) is 0 Å². The van der Waals surface area contributed by atoms with E-state index in [-0.39, 0.29) is 4.91 Å². The summed E-state index contributed by atoms with van der Waals surface area (Å²) >= 11 is 2.07. The average molecular weight is 429 g/mol. The van der Waals surface area contributed by atoms with Gasteiger partial charge in [-0.3, -0.25) is 14.5 Å². The zero-order valence-electron chi connectivity index (χ0n) is 15.4. The van der Waals surface area contributed by atoms with Gasteiger partial charge in [0.25, 0.3) is 11.1 Å². The highest BCUT2D eigenvalue weighted by Gasteiger charge is 2.41. The first-order chi connectivity index (χ1) is 14.0. The molecule has 0 bridgehead atoms. The highest BCUT2D eigenvalue weighted by atomic mass is 32.2. The number of carbonyl (C=O) groups is 3. The van der Waals surface area contributed by atoms with Gasteiger partial charge < -0.3 is 14.1 Å². The largest absolute Gasteiger partial charge is 0.467 e. The lowest BCUT2D eigenvalue weighted by Gasteiger charge is -2.18. The molecule has 8 nitrogen and oxygen atoms in total. The van der Waals surface area contributed by atoms with E-state index in [1.54, 1.807) is 12.1 Å². The number of ether oxygens (including phenoxy) is 1. The Labute approximate surface area is 173 Å². The van der Waals surface area contributed by atoms with Gasteiger partial charge in [-0.15, -0.1) is 0 Å². The third-order valence-electron chi connectivity index (χ3n) is 4.19. The summed E-state index contributed by atoms with van der Waals surface area (Å²) in [6, 6.07) is 10.1. The maximum atomic E-state index is 12.5. The van der Waals surface area contributed by atoms with Crippen molar-refractivity contribution in [2.45, 2.75) is 23.2 Å². The van der Waals surface area contributed by atoms with E-state index >= 15 is 0 Å². The number of thioether (sulfide) groups is 1. The number of aromatic nitrogens is 2. The molecule has 1 saturated heterocycles. The number of amides is 2. The highest BCUT2D eigenvalue weighted by Crippen LogP contribution is 2.35. The maximum absolute atomic E-state index is 12.5. The van der Waals surface area contributed by atoms with Crippen LogP contribution in [0.1, 0.15) is 12.7 Å². The third-order valence-corrected chi connectivity index (χ3v) is 5.88. The van der Waals surface area contributed by atoms with E-state index < -0.39 is 23.2 Å². The Kier molecular flexibility index (Phi) is 5.20. The molecule has 29 heavy (non-hydrogen) atoms. The molecule has 1 aliphatic heterocycles. The number of esters is 1. The van der Waals surface area contributed by atoms with Crippen LogP contribution in [0, 0.1) is 0 Å². The number of para-hydroxylation sites is 2. The van der Waals surface area contributed by atoms with E-state index in [9.17, 15) is 14.4 Å². The van der Waals surface area contributed by atoms with Crippen molar-refractivity contribution in [1.82, 2.24) is 14.9 Å². The second-order valence-corrected chi connectivity index (χ2v) is 8.06. The van der Waals surface area contributed by atoms with Gasteiger partial charge in [-0.2, -0.15) is 0 Å². The fraction of sp³-hybridized carbons (Fsp3) is 0.158. The van der Waals surface area contributed by atoms with E-state index in [0.717, 1.165) is 27.7 Å². The monoisotopic (exact) mass is 429 g/mol. The Balaban J connectivity index is 1.51. The van der Waals surface area contributed by atoms with Crippen molar-refractivity contribution in [2.75, 3.05) is 7.11 Å². The number of furan rings is 1. The molecule has 2 amide bonds. The average Bonchev–Trinajstić information content (AvgIpc) is 3.39. The third kappa shape index (κ3) is 3.81. The van der Waals surface area contributed by atoms with Crippen molar-refractivity contribution < 1.29 is 23.5 Å². The molecule has 3 heterocycles. The van der Waals surface area contributed by atoms with Gasteiger partial charge >= 0.3 is 5.97 Å². The molecule has 0 radical (unpaired) electrons. The molecule has 2 aromatic heterocycles. The van der Waals surface area contributed by atoms with Crippen molar-refractivity contribution in [3.8, 4) is 0 Å². The minimum Gasteiger partial charge on any atom is -0.467 e. The Morgan fingerprint density at radius 1 is 1.31 bits per heavy atom. The number of H-pyrrole nitrogens is 1. The number of fused-ring (bicyclic) bond motifs is 1. The van der Waals surface area contributed by atoms with E-state index in [0.29, 0.717) is 16.0 Å². The lowest BCUT2D eigenvalue weighted by atomic mass is 10.3. The van der Waals surface area contributed by atoms with Crippen molar-refractivity contribution in [3.05, 3.63) is 47.1 Å². The zero-order chi connectivity index (χ0) is 20.5. The first-order valence-electron chi connectivity index (χ1n) is 8.53. The van der Waals surface area contributed by atoms with Gasteiger partial charge in [-0.25, -0.2) is 9.78 Å². The molecule has 1 aromatic carbocycles. The van der Waals surface area contributed by atoms with Crippen molar-refractivity contribution in [2.24, 2.45) is 0 Å². The summed E-state index contributed by atoms with van der Waals surface area (Å²) in [5.41, 5.74) is 1.78. The first-order valence-corrected chi connectivity index (χ1v) is 10.2. The van der Waals surface area contributed by atoms with Crippen LogP contribution in [0.4, 0.5) is 4.79 Å². The van der Waals surface area contributed by atoms with Gasteiger partial charge in [0.1, 0.15) is 11.8 Å². The SMILES string of the molecule is COC(=O)[C@H](C)N1C(=O)S/C(=C/c2ccc(Sc3nc4ccccc4[nH]3)o2)C1=O. The first kappa shape index (κ1) is 19.3. The van der Waals surface area contributed by atoms with Crippen LogP contribution in [0.15, 0.2) is 56.0 Å². The number of hydrogen-bond acceptors (Lipinski definition) is 8. The van der Waals surface area contributed by atoms with E-state index in [1.807, 2.05) is 24.3 Å². The number of imidazole rings is 1. The number of methoxy groups -OCH3 is 1. The van der Waals surface area contributed by atoms with Gasteiger partial charge in [0.05, 0.1) is 23.0 Å². The number of imide groups is 1. The Bertz CT molecular complexity index is 1120. The van der Waals surface area contributed by atoms with Gasteiger partial charge in [0.15, 0.2) is 10.2 Å². The van der Waals surface area contributed by atoms with Crippen molar-refractivity contribution in [3.63, 3.8) is 0 Å². The molecule has 1 atom stereocenters. The lowest BCUT2D eigenvalue weighted by Crippen LogP contribution is -2.42. The molecule has 1 N–H and O–H groups in total. The highest BCUT2D eigenvalue weighted by molar-refractivity contribution is 8.18. The van der Waals surface area contributed by atoms with Crippen molar-refractivity contribution in [1.29, 1.82) is 0 Å². The molecule has 4 rings (SSSR count). The van der Waals surface area contributed by atoms with Gasteiger partial charge in [-0.1, -0.05) is 12.1 Å². The molecular weight excluding hydrogens is 414 g/mol. The summed E-state index contributed by atoms with van der Waals surface area (Å²) in [5.74, 6) is -0.795. The Hall–Kier alpha value is -2.98. The Morgan fingerprint density at radius 2 is 2.10 bits per heavy atom. The smallest absolute Gasteiger partial charge is 0.328 e. The molecule has 0 spiro atoms. The van der Waals surface area contributed by atoms with Crippen LogP contribution >= 0.6 is 23.5 Å². The summed E-state index contributed by atoms with van der Waals surface area (Å²) in [5, 5.41) is 0.736. The summed E-state index contributed by atoms with van der Waals surface area (Å²) in [6.07, 6.45) is 1.48. The number of benzene rings is 1. The van der Waals surface area contributed by atoms with E-state index in [4.69, 9.17) is 4.42 Å². The molecule has 3 aromatic rings. The number of hydrogen-bond donors (Lipinski definition) is 1. The summed E-state index contributed by atoms with van der Waals surface area (Å²) in [7, 11) is 1.21. The minimum absolute atomic E-state index is 0.181. The molecular formula is C19H15N3O5S2. The van der Waals surface area contributed by atoms with Crippen LogP contribution in [0.5, 0.6) is 0 Å². The number of carbonyl (C=O) groups excluding carboxylic acids is 3. The quantitative estimate of drug-likeness (QED) is 0.481. The molecule has 1 aliphatic rings. The number of nitrogens with zero attached hydrogens (tertiary/aromatic N) is 2. The second-order valence-electron chi connectivity index (χ2n) is 6.07. The molecule has 1 fully saturated rings. The number of aromatic amines is 1. The zero-order valence-corrected chi connectivity index (χ0v) is 17.0. The summed E-state index contributed by atoms with van der Waals surface area (Å²) in [6.45, 7) is 1.44. The standard InChI is InChI=1S/C19H15N3O5S2/c1-10(17(24)26-2)22-16(23)14(28-19(22)25)9-11-7-8-15(27-11)29-18-20-12-5-3-4-6-13(12)21-18/h3-10H,1-2H3,(H,20,21)/b14-9+/t10-/m0/s1. The second kappa shape index (κ2) is 7.80. The maximum Gasteiger partial charge on any atom is 0.328 e. The van der Waals surface area contributed by atoms with Gasteiger partial charge in [0.2, 0.25) is 0 Å². The van der Waals surface area contributed by atoms with Crippen LogP contribution < -0.4 is 0 Å². The fourth-order valence-electron chi connectivity index (χ4n) is 2.76. The van der Waals surface area contributed by atoms with E-state index in [2.05, 4.69) is 14.7 Å². The normalized spacial score (nSPS) is 16.8. The van der Waals surface area contributed by atoms with Crippen molar-refractivity contribution >= 4 is 57.7 Å². The number of nitrogens with one attached hydrogen (secondary N) is 1. The van der Waals surface area contributed by atoms with Gasteiger partial charge in [0, 0.05) is 6.08 Å². The predicted octanol–water partition coefficient (Wildman–Crippen LogP) is 3.90. The lowest BCUT2D eigenvalue weighted by molar-refractivity contribution is -0.148. The van der Waals surface area contributed by atoms with Crippen LogP contribution in [0.3, 0.4) is 0 Å². The summed E-state index contributed by atoms with van der Waals surface area (Å²) in [4.78, 5) is 45.1. The topological polar surface area (TPSA) is 106 Å².